The van der Waals surface area contributed by atoms with E-state index in [4.69, 9.17) is 5.26 Å². The Balaban J connectivity index is 2.72. The van der Waals surface area contributed by atoms with Gasteiger partial charge in [0.15, 0.2) is 0 Å². The molecule has 6 heteroatoms. The summed E-state index contributed by atoms with van der Waals surface area (Å²) in [5, 5.41) is 11.4. The maximum Gasteiger partial charge on any atom is 0.253 e. The molecule has 0 aromatic carbocycles. The molecule has 1 rings (SSSR count). The molecule has 86 valence electrons. The maximum absolute atomic E-state index is 11.9. The van der Waals surface area contributed by atoms with Crippen molar-refractivity contribution in [3.05, 3.63) is 19.2 Å². The second kappa shape index (κ2) is 6.38. The van der Waals surface area contributed by atoms with Crippen molar-refractivity contribution in [2.45, 2.75) is 25.8 Å². The van der Waals surface area contributed by atoms with Crippen LogP contribution in [0.25, 0.3) is 0 Å². The van der Waals surface area contributed by atoms with Crippen molar-refractivity contribution in [1.29, 1.82) is 5.26 Å². The fourth-order valence-corrected chi connectivity index (χ4v) is 3.96. The van der Waals surface area contributed by atoms with Crippen molar-refractivity contribution in [2.75, 3.05) is 0 Å². The molecule has 1 aromatic rings. The van der Waals surface area contributed by atoms with Gasteiger partial charge in [-0.1, -0.05) is 6.92 Å². The summed E-state index contributed by atoms with van der Waals surface area (Å²) >= 11 is 8.11. The first-order valence-corrected chi connectivity index (χ1v) is 7.11. The molecule has 1 amide bonds. The fraction of sp³-hybridized carbons (Fsp3) is 0.400. The Bertz CT molecular complexity index is 425. The Hall–Kier alpha value is -0.380. The first kappa shape index (κ1) is 13.7. The first-order chi connectivity index (χ1) is 7.58. The van der Waals surface area contributed by atoms with Crippen molar-refractivity contribution in [1.82, 2.24) is 5.32 Å². The van der Waals surface area contributed by atoms with E-state index in [2.05, 4.69) is 43.2 Å². The van der Waals surface area contributed by atoms with E-state index in [9.17, 15) is 4.79 Å². The van der Waals surface area contributed by atoms with Crippen molar-refractivity contribution >= 4 is 49.1 Å². The molecule has 0 aliphatic carbocycles. The van der Waals surface area contributed by atoms with Gasteiger partial charge < -0.3 is 5.32 Å². The summed E-state index contributed by atoms with van der Waals surface area (Å²) in [6.07, 6.45) is 1.09. The van der Waals surface area contributed by atoms with E-state index in [-0.39, 0.29) is 11.9 Å². The van der Waals surface area contributed by atoms with Gasteiger partial charge in [0.2, 0.25) is 0 Å². The molecule has 0 radical (unpaired) electrons. The lowest BCUT2D eigenvalue weighted by Gasteiger charge is -2.12. The number of rotatable bonds is 4. The van der Waals surface area contributed by atoms with Gasteiger partial charge in [0, 0.05) is 6.04 Å². The number of carbonyl (C=O) groups excluding carboxylic acids is 1. The summed E-state index contributed by atoms with van der Waals surface area (Å²) < 4.78 is 1.70. The molecule has 0 aliphatic rings. The van der Waals surface area contributed by atoms with Crippen LogP contribution in [0.2, 0.25) is 0 Å². The average Bonchev–Trinajstić information content (AvgIpc) is 2.57. The highest BCUT2D eigenvalue weighted by Crippen LogP contribution is 2.31. The van der Waals surface area contributed by atoms with Gasteiger partial charge in [-0.2, -0.15) is 5.26 Å². The zero-order valence-electron chi connectivity index (χ0n) is 8.59. The van der Waals surface area contributed by atoms with Gasteiger partial charge in [-0.3, -0.25) is 4.79 Å². The van der Waals surface area contributed by atoms with Gasteiger partial charge in [-0.05, 0) is 44.3 Å². The standard InChI is InChI=1S/C10H10Br2N2OS/c1-2-6(3-4-13)14-10(15)7-5-8(11)16-9(7)12/h5-6H,2-3H2,1H3,(H,14,15). The number of carbonyl (C=O) groups is 1. The molecule has 0 fully saturated rings. The fourth-order valence-electron chi connectivity index (χ4n) is 1.17. The Morgan fingerprint density at radius 2 is 2.38 bits per heavy atom. The molecule has 0 spiro atoms. The molecule has 1 aromatic heterocycles. The first-order valence-electron chi connectivity index (χ1n) is 4.71. The van der Waals surface area contributed by atoms with Gasteiger partial charge in [0.1, 0.15) is 0 Å². The van der Waals surface area contributed by atoms with E-state index >= 15 is 0 Å². The predicted octanol–water partition coefficient (Wildman–Crippen LogP) is 3.70. The van der Waals surface area contributed by atoms with Crippen LogP contribution >= 0.6 is 43.2 Å². The molecule has 0 aliphatic heterocycles. The minimum Gasteiger partial charge on any atom is -0.348 e. The number of nitrogens with one attached hydrogen (secondary N) is 1. The minimum absolute atomic E-state index is 0.0805. The average molecular weight is 366 g/mol. The number of thiophene rings is 1. The highest BCUT2D eigenvalue weighted by atomic mass is 79.9. The number of halogens is 2. The predicted molar refractivity (Wildman–Crippen MR) is 71.5 cm³/mol. The second-order valence-electron chi connectivity index (χ2n) is 3.18. The third-order valence-electron chi connectivity index (χ3n) is 2.07. The third-order valence-corrected chi connectivity index (χ3v) is 4.41. The van der Waals surface area contributed by atoms with E-state index in [1.54, 1.807) is 6.07 Å². The van der Waals surface area contributed by atoms with Crippen LogP contribution in [0.3, 0.4) is 0 Å². The van der Waals surface area contributed by atoms with Gasteiger partial charge in [-0.15, -0.1) is 11.3 Å². The number of nitrogens with zero attached hydrogens (tertiary/aromatic N) is 1. The third kappa shape index (κ3) is 3.58. The van der Waals surface area contributed by atoms with Crippen molar-refractivity contribution in [2.24, 2.45) is 0 Å². The summed E-state index contributed by atoms with van der Waals surface area (Å²) in [5.74, 6) is -0.143. The summed E-state index contributed by atoms with van der Waals surface area (Å²) in [5.41, 5.74) is 0.605. The number of amides is 1. The molecule has 0 saturated heterocycles. The van der Waals surface area contributed by atoms with Gasteiger partial charge in [0.25, 0.3) is 5.91 Å². The molecule has 1 atom stereocenters. The van der Waals surface area contributed by atoms with Crippen LogP contribution in [0.15, 0.2) is 13.6 Å². The maximum atomic E-state index is 11.9. The SMILES string of the molecule is CCC(CC#N)NC(=O)c1cc(Br)sc1Br. The van der Waals surface area contributed by atoms with E-state index in [1.807, 2.05) is 6.92 Å². The molecular formula is C10H10Br2N2OS. The molecule has 16 heavy (non-hydrogen) atoms. The molecular weight excluding hydrogens is 356 g/mol. The van der Waals surface area contributed by atoms with Crippen molar-refractivity contribution in [3.8, 4) is 6.07 Å². The highest BCUT2D eigenvalue weighted by molar-refractivity contribution is 9.12. The van der Waals surface area contributed by atoms with E-state index in [1.165, 1.54) is 11.3 Å². The Morgan fingerprint density at radius 1 is 1.69 bits per heavy atom. The minimum atomic E-state index is -0.143. The Morgan fingerprint density at radius 3 is 2.81 bits per heavy atom. The molecule has 0 saturated carbocycles. The van der Waals surface area contributed by atoms with E-state index < -0.39 is 0 Å². The lowest BCUT2D eigenvalue weighted by molar-refractivity contribution is 0.0936. The molecule has 1 N–H and O–H groups in total. The lowest BCUT2D eigenvalue weighted by atomic mass is 10.1. The summed E-state index contributed by atoms with van der Waals surface area (Å²) in [6, 6.07) is 3.75. The van der Waals surface area contributed by atoms with Crippen LogP contribution in [0, 0.1) is 11.3 Å². The molecule has 3 nitrogen and oxygen atoms in total. The lowest BCUT2D eigenvalue weighted by Crippen LogP contribution is -2.33. The van der Waals surface area contributed by atoms with Crippen LogP contribution in [0.1, 0.15) is 30.1 Å². The normalized spacial score (nSPS) is 11.9. The highest BCUT2D eigenvalue weighted by Gasteiger charge is 2.16. The number of hydrogen-bond donors (Lipinski definition) is 1. The topological polar surface area (TPSA) is 52.9 Å². The van der Waals surface area contributed by atoms with E-state index in [0.29, 0.717) is 12.0 Å². The van der Waals surface area contributed by atoms with Crippen molar-refractivity contribution in [3.63, 3.8) is 0 Å². The van der Waals surface area contributed by atoms with Crippen LogP contribution in [0.4, 0.5) is 0 Å². The Labute approximate surface area is 115 Å². The van der Waals surface area contributed by atoms with Gasteiger partial charge in [-0.25, -0.2) is 0 Å². The number of nitriles is 1. The van der Waals surface area contributed by atoms with Crippen LogP contribution in [-0.2, 0) is 0 Å². The summed E-state index contributed by atoms with van der Waals surface area (Å²) in [7, 11) is 0. The smallest absolute Gasteiger partial charge is 0.253 e. The second-order valence-corrected chi connectivity index (χ2v) is 6.93. The number of hydrogen-bond acceptors (Lipinski definition) is 3. The summed E-state index contributed by atoms with van der Waals surface area (Å²) in [6.45, 7) is 1.95. The quantitative estimate of drug-likeness (QED) is 0.884. The van der Waals surface area contributed by atoms with Crippen LogP contribution in [-0.4, -0.2) is 11.9 Å². The Kier molecular flexibility index (Phi) is 5.46. The monoisotopic (exact) mass is 364 g/mol. The zero-order chi connectivity index (χ0) is 12.1. The van der Waals surface area contributed by atoms with Gasteiger partial charge >= 0.3 is 0 Å². The van der Waals surface area contributed by atoms with Gasteiger partial charge in [0.05, 0.1) is 25.6 Å². The zero-order valence-corrected chi connectivity index (χ0v) is 12.6. The van der Waals surface area contributed by atoms with Crippen LogP contribution < -0.4 is 5.32 Å². The van der Waals surface area contributed by atoms with Crippen molar-refractivity contribution < 1.29 is 4.79 Å². The van der Waals surface area contributed by atoms with Crippen LogP contribution in [0.5, 0.6) is 0 Å². The molecule has 1 heterocycles. The molecule has 0 bridgehead atoms. The largest absolute Gasteiger partial charge is 0.348 e. The molecule has 1 unspecified atom stereocenters. The van der Waals surface area contributed by atoms with E-state index in [0.717, 1.165) is 14.0 Å². The summed E-state index contributed by atoms with van der Waals surface area (Å²) in [4.78, 5) is 11.9.